The lowest BCUT2D eigenvalue weighted by molar-refractivity contribution is -0.163. The SMILES string of the molecule is CC(=O)N(O)CCCC(NC(=O)CNC(=O)[C@@H](C)NC(=O)C(CCCN(O)C(C)=O)NC(=O)[C@@H](CO)NC(=O)[C@H](NC(=O)CNC(=O)C(CCCN(O)C(C)=O)NC(=O)[C@@H](N)CO)C(C)C)C(=O)NCC(=O)O. The van der Waals surface area contributed by atoms with Gasteiger partial charge in [0, 0.05) is 40.4 Å². The Kier molecular flexibility index (Phi) is 30.9. The minimum Gasteiger partial charge on any atom is -0.480 e. The first-order valence-electron chi connectivity index (χ1n) is 22.8. The fourth-order valence-electron chi connectivity index (χ4n) is 5.99. The van der Waals surface area contributed by atoms with Gasteiger partial charge in [-0.2, -0.15) is 0 Å². The topological polar surface area (TPSA) is 487 Å². The molecule has 0 aliphatic heterocycles. The van der Waals surface area contributed by atoms with Gasteiger partial charge in [0.2, 0.25) is 70.9 Å². The van der Waals surface area contributed by atoms with Crippen LogP contribution in [-0.2, 0) is 62.3 Å². The van der Waals surface area contributed by atoms with Crippen molar-refractivity contribution >= 4 is 76.9 Å². The van der Waals surface area contributed by atoms with Crippen LogP contribution in [0.2, 0.25) is 0 Å². The lowest BCUT2D eigenvalue weighted by Crippen LogP contribution is -2.60. The summed E-state index contributed by atoms with van der Waals surface area (Å²) in [5.74, 6) is -13.1. The van der Waals surface area contributed by atoms with Crippen LogP contribution in [0, 0.1) is 5.92 Å². The average Bonchev–Trinajstić information content (AvgIpc) is 3.32. The first-order valence-corrected chi connectivity index (χ1v) is 22.8. The fraction of sp³-hybridized carbons (Fsp3) is 0.683. The van der Waals surface area contributed by atoms with Gasteiger partial charge in [0.1, 0.15) is 48.8 Å². The quantitative estimate of drug-likeness (QED) is 0.0210. The predicted octanol–water partition coefficient (Wildman–Crippen LogP) is -7.63. The molecule has 17 N–H and O–H groups in total. The molecule has 0 fully saturated rings. The van der Waals surface area contributed by atoms with Crippen molar-refractivity contribution in [2.24, 2.45) is 11.7 Å². The number of hydroxylamine groups is 6. The molecule has 0 aliphatic rings. The third-order valence-corrected chi connectivity index (χ3v) is 10.2. The molecule has 0 spiro atoms. The summed E-state index contributed by atoms with van der Waals surface area (Å²) >= 11 is 0. The van der Waals surface area contributed by atoms with E-state index in [2.05, 4.69) is 47.9 Å². The Bertz CT molecular complexity index is 1940. The third kappa shape index (κ3) is 26.8. The number of hydrogen-bond acceptors (Lipinski definition) is 19. The summed E-state index contributed by atoms with van der Waals surface area (Å²) in [4.78, 5) is 162. The van der Waals surface area contributed by atoms with Crippen molar-refractivity contribution in [2.75, 3.05) is 52.5 Å². The summed E-state index contributed by atoms with van der Waals surface area (Å²) in [6.07, 6.45) is -0.836. The zero-order valence-electron chi connectivity index (χ0n) is 41.4. The zero-order chi connectivity index (χ0) is 56.1. The van der Waals surface area contributed by atoms with Gasteiger partial charge < -0.3 is 68.9 Å². The Morgan fingerprint density at radius 3 is 1.23 bits per heavy atom. The first-order chi connectivity index (χ1) is 34.1. The molecular formula is C41H71N13O19. The number of aliphatic carboxylic acids is 1. The summed E-state index contributed by atoms with van der Waals surface area (Å²) in [5.41, 5.74) is 5.52. The molecule has 12 amide bonds. The van der Waals surface area contributed by atoms with E-state index in [0.29, 0.717) is 15.2 Å². The maximum absolute atomic E-state index is 13.5. The Labute approximate surface area is 419 Å². The van der Waals surface area contributed by atoms with Crippen LogP contribution in [0.5, 0.6) is 0 Å². The van der Waals surface area contributed by atoms with Gasteiger partial charge in [-0.25, -0.2) is 15.2 Å². The molecule has 0 rings (SSSR count). The fourth-order valence-corrected chi connectivity index (χ4v) is 5.99. The second-order valence-electron chi connectivity index (χ2n) is 16.7. The molecule has 0 radical (unpaired) electrons. The molecule has 0 aromatic carbocycles. The molecule has 0 aliphatic carbocycles. The van der Waals surface area contributed by atoms with Crippen LogP contribution in [0.25, 0.3) is 0 Å². The van der Waals surface area contributed by atoms with Crippen molar-refractivity contribution in [3.63, 3.8) is 0 Å². The minimum atomic E-state index is -1.79. The van der Waals surface area contributed by atoms with Crippen LogP contribution in [0.15, 0.2) is 0 Å². The van der Waals surface area contributed by atoms with Crippen molar-refractivity contribution in [2.45, 2.75) is 122 Å². The van der Waals surface area contributed by atoms with Crippen molar-refractivity contribution in [1.82, 2.24) is 63.0 Å². The molecule has 0 aromatic heterocycles. The van der Waals surface area contributed by atoms with Gasteiger partial charge >= 0.3 is 5.97 Å². The Morgan fingerprint density at radius 1 is 0.452 bits per heavy atom. The summed E-state index contributed by atoms with van der Waals surface area (Å²) in [7, 11) is 0. The number of aliphatic hydroxyl groups excluding tert-OH is 2. The lowest BCUT2D eigenvalue weighted by atomic mass is 10.0. The van der Waals surface area contributed by atoms with Crippen LogP contribution in [0.1, 0.15) is 80.1 Å². The van der Waals surface area contributed by atoms with Gasteiger partial charge in [-0.1, -0.05) is 13.8 Å². The van der Waals surface area contributed by atoms with Gasteiger partial charge in [0.25, 0.3) is 0 Å². The molecule has 73 heavy (non-hydrogen) atoms. The number of rotatable bonds is 34. The predicted molar refractivity (Wildman–Crippen MR) is 246 cm³/mol. The molecule has 32 heteroatoms. The summed E-state index contributed by atoms with van der Waals surface area (Å²) in [5, 5.41) is 78.9. The number of amides is 12. The van der Waals surface area contributed by atoms with E-state index in [9.17, 15) is 88.2 Å². The molecule has 0 heterocycles. The van der Waals surface area contributed by atoms with E-state index in [1.54, 1.807) is 0 Å². The maximum Gasteiger partial charge on any atom is 0.322 e. The number of nitrogens with one attached hydrogen (secondary N) is 9. The minimum absolute atomic E-state index is 0.0124. The van der Waals surface area contributed by atoms with E-state index in [4.69, 9.17) is 10.8 Å². The normalized spacial score (nSPS) is 13.7. The van der Waals surface area contributed by atoms with Gasteiger partial charge in [-0.05, 0) is 51.4 Å². The van der Waals surface area contributed by atoms with Crippen molar-refractivity contribution in [3.8, 4) is 0 Å². The Morgan fingerprint density at radius 2 is 0.822 bits per heavy atom. The highest BCUT2D eigenvalue weighted by Gasteiger charge is 2.33. The molecule has 3 unspecified atom stereocenters. The molecule has 0 aromatic rings. The van der Waals surface area contributed by atoms with Crippen LogP contribution in [-0.4, -0.2) is 218 Å². The number of hydrogen-bond donors (Lipinski definition) is 16. The molecule has 414 valence electrons. The van der Waals surface area contributed by atoms with Gasteiger partial charge in [-0.15, -0.1) is 0 Å². The van der Waals surface area contributed by atoms with Crippen LogP contribution < -0.4 is 53.6 Å². The van der Waals surface area contributed by atoms with Gasteiger partial charge in [0.15, 0.2) is 0 Å². The number of carboxylic acids is 1. The van der Waals surface area contributed by atoms with E-state index < -0.39 is 158 Å². The number of nitrogens with two attached hydrogens (primary N) is 1. The van der Waals surface area contributed by atoms with E-state index >= 15 is 0 Å². The molecular weight excluding hydrogens is 979 g/mol. The highest BCUT2D eigenvalue weighted by Crippen LogP contribution is 2.07. The summed E-state index contributed by atoms with van der Waals surface area (Å²) in [6.45, 7) is 2.40. The molecule has 0 saturated carbocycles. The highest BCUT2D eigenvalue weighted by atomic mass is 16.5. The number of carbonyl (C=O) groups is 13. The molecule has 0 saturated heterocycles. The smallest absolute Gasteiger partial charge is 0.322 e. The molecule has 32 nitrogen and oxygen atoms in total. The van der Waals surface area contributed by atoms with Crippen LogP contribution in [0.4, 0.5) is 0 Å². The van der Waals surface area contributed by atoms with E-state index in [-0.39, 0.29) is 58.2 Å². The first kappa shape index (κ1) is 65.9. The van der Waals surface area contributed by atoms with Gasteiger partial charge in [-0.3, -0.25) is 78.0 Å². The van der Waals surface area contributed by atoms with Crippen LogP contribution >= 0.6 is 0 Å². The van der Waals surface area contributed by atoms with Crippen molar-refractivity contribution in [3.05, 3.63) is 0 Å². The largest absolute Gasteiger partial charge is 0.480 e. The van der Waals surface area contributed by atoms with Crippen LogP contribution in [0.3, 0.4) is 0 Å². The lowest BCUT2D eigenvalue weighted by Gasteiger charge is -2.27. The highest BCUT2D eigenvalue weighted by molar-refractivity contribution is 5.97. The monoisotopic (exact) mass is 1050 g/mol. The molecule has 0 bridgehead atoms. The number of aliphatic hydroxyl groups is 2. The zero-order valence-corrected chi connectivity index (χ0v) is 41.4. The number of nitrogens with zero attached hydrogens (tertiary/aromatic N) is 3. The summed E-state index contributed by atoms with van der Waals surface area (Å²) in [6, 6.07) is -10.4. The maximum atomic E-state index is 13.5. The number of carboxylic acid groups (broad SMARTS) is 1. The average molecular weight is 1050 g/mol. The standard InChI is InChI=1S/C41H71N13O19/c1-21(2)34(51-32(61)17-44-38(67)28(48-36(65)26(42)19-55)11-8-14-53(72)24(5)58)41(70)50-30(20-56)40(69)49-29(12-9-15-54(73)25(6)59)39(68)46-22(3)35(64)43-16-31(60)47-27(37(66)45-18-33(62)63)10-7-13-52(71)23(4)57/h21-22,26-30,34,55-56,71-73H,7-20,42H2,1-6H3,(H,43,64)(H,44,67)(H,45,66)(H,46,68)(H,47,60)(H,48,65)(H,49,69)(H,50,70)(H,51,61)(H,62,63)/t22-,26+,27?,28?,29?,30-,34-/m1/s1. The Hall–Kier alpha value is -7.13. The van der Waals surface area contributed by atoms with Crippen molar-refractivity contribution in [1.29, 1.82) is 0 Å². The second-order valence-corrected chi connectivity index (χ2v) is 16.7. The number of carbonyl (C=O) groups excluding carboxylic acids is 12. The third-order valence-electron chi connectivity index (χ3n) is 10.2. The van der Waals surface area contributed by atoms with Gasteiger partial charge in [0.05, 0.1) is 26.3 Å². The van der Waals surface area contributed by atoms with E-state index in [1.165, 1.54) is 20.8 Å². The van der Waals surface area contributed by atoms with E-state index in [1.807, 2.05) is 0 Å². The molecule has 7 atom stereocenters. The second kappa shape index (κ2) is 34.3. The van der Waals surface area contributed by atoms with Crippen molar-refractivity contribution < 1.29 is 93.3 Å². The Balaban J connectivity index is 5.93. The summed E-state index contributed by atoms with van der Waals surface area (Å²) < 4.78 is 0. The van der Waals surface area contributed by atoms with E-state index in [0.717, 1.165) is 20.8 Å².